The summed E-state index contributed by atoms with van der Waals surface area (Å²) in [4.78, 5) is 0. The standard InChI is InChI=1S/C15H18BrClFN3/c1-4-9-8-12(21(3)20-9)15(19-5-2)10-6-7-11(16)13(17)14(10)18/h6-8,15,19H,4-5H2,1-3H3. The quantitative estimate of drug-likeness (QED) is 0.794. The first-order valence-corrected chi connectivity index (χ1v) is 8.06. The van der Waals surface area contributed by atoms with Crippen LogP contribution in [0.15, 0.2) is 22.7 Å². The largest absolute Gasteiger partial charge is 0.305 e. The maximum atomic E-state index is 14.5. The number of nitrogens with zero attached hydrogens (tertiary/aromatic N) is 2. The third-order valence-corrected chi connectivity index (χ3v) is 4.67. The van der Waals surface area contributed by atoms with Crippen LogP contribution in [0.4, 0.5) is 4.39 Å². The Kier molecular flexibility index (Phi) is 5.41. The molecule has 0 saturated carbocycles. The number of aromatic nitrogens is 2. The van der Waals surface area contributed by atoms with Crippen molar-refractivity contribution in [2.45, 2.75) is 26.3 Å². The lowest BCUT2D eigenvalue weighted by molar-refractivity contribution is 0.531. The van der Waals surface area contributed by atoms with Crippen LogP contribution in [0.25, 0.3) is 0 Å². The SMILES string of the molecule is CCNC(c1ccc(Br)c(Cl)c1F)c1cc(CC)nn1C. The van der Waals surface area contributed by atoms with Crippen molar-refractivity contribution < 1.29 is 4.39 Å². The molecule has 1 atom stereocenters. The van der Waals surface area contributed by atoms with Gasteiger partial charge < -0.3 is 5.32 Å². The average Bonchev–Trinajstić information content (AvgIpc) is 2.84. The molecule has 0 radical (unpaired) electrons. The molecule has 0 amide bonds. The van der Waals surface area contributed by atoms with E-state index in [1.165, 1.54) is 0 Å². The maximum absolute atomic E-state index is 14.5. The first kappa shape index (κ1) is 16.5. The summed E-state index contributed by atoms with van der Waals surface area (Å²) >= 11 is 9.26. The second-order valence-corrected chi connectivity index (χ2v) is 6.03. The van der Waals surface area contributed by atoms with Crippen LogP contribution in [0.2, 0.25) is 5.02 Å². The van der Waals surface area contributed by atoms with Crippen LogP contribution in [0.5, 0.6) is 0 Å². The number of aryl methyl sites for hydroxylation is 2. The molecule has 1 aromatic heterocycles. The van der Waals surface area contributed by atoms with Crippen molar-refractivity contribution in [1.82, 2.24) is 15.1 Å². The van der Waals surface area contributed by atoms with Crippen molar-refractivity contribution in [3.63, 3.8) is 0 Å². The van der Waals surface area contributed by atoms with Gasteiger partial charge in [0.05, 0.1) is 22.5 Å². The van der Waals surface area contributed by atoms with Gasteiger partial charge in [0.2, 0.25) is 0 Å². The minimum atomic E-state index is -0.406. The molecule has 114 valence electrons. The van der Waals surface area contributed by atoms with E-state index in [0.717, 1.165) is 17.8 Å². The number of nitrogens with one attached hydrogen (secondary N) is 1. The number of hydrogen-bond donors (Lipinski definition) is 1. The Morgan fingerprint density at radius 2 is 2.14 bits per heavy atom. The summed E-state index contributed by atoms with van der Waals surface area (Å²) in [5, 5.41) is 7.85. The predicted octanol–water partition coefficient (Wildman–Crippen LogP) is 4.24. The van der Waals surface area contributed by atoms with E-state index in [0.29, 0.717) is 16.6 Å². The molecule has 1 N–H and O–H groups in total. The Hall–Kier alpha value is -0.910. The highest BCUT2D eigenvalue weighted by Crippen LogP contribution is 2.33. The molecule has 0 aliphatic heterocycles. The molecule has 0 spiro atoms. The lowest BCUT2D eigenvalue weighted by Crippen LogP contribution is -2.25. The molecular weight excluding hydrogens is 357 g/mol. The fourth-order valence-corrected chi connectivity index (χ4v) is 2.81. The summed E-state index contributed by atoms with van der Waals surface area (Å²) in [6, 6.07) is 5.24. The highest BCUT2D eigenvalue weighted by molar-refractivity contribution is 9.10. The lowest BCUT2D eigenvalue weighted by atomic mass is 10.0. The van der Waals surface area contributed by atoms with Crippen LogP contribution in [-0.4, -0.2) is 16.3 Å². The number of benzene rings is 1. The van der Waals surface area contributed by atoms with Crippen molar-refractivity contribution in [2.24, 2.45) is 7.05 Å². The van der Waals surface area contributed by atoms with Crippen LogP contribution in [-0.2, 0) is 13.5 Å². The molecule has 2 aromatic rings. The zero-order valence-electron chi connectivity index (χ0n) is 12.3. The molecule has 0 aliphatic carbocycles. The Morgan fingerprint density at radius 1 is 1.43 bits per heavy atom. The van der Waals surface area contributed by atoms with Gasteiger partial charge in [0.25, 0.3) is 0 Å². The van der Waals surface area contributed by atoms with E-state index < -0.39 is 5.82 Å². The van der Waals surface area contributed by atoms with Crippen molar-refractivity contribution in [2.75, 3.05) is 6.54 Å². The molecule has 0 fully saturated rings. The van der Waals surface area contributed by atoms with Gasteiger partial charge in [0.1, 0.15) is 5.82 Å². The highest BCUT2D eigenvalue weighted by Gasteiger charge is 2.23. The highest BCUT2D eigenvalue weighted by atomic mass is 79.9. The molecule has 1 unspecified atom stereocenters. The second-order valence-electron chi connectivity index (χ2n) is 4.79. The van der Waals surface area contributed by atoms with Crippen LogP contribution in [0.3, 0.4) is 0 Å². The van der Waals surface area contributed by atoms with E-state index in [-0.39, 0.29) is 11.1 Å². The topological polar surface area (TPSA) is 29.9 Å². The van der Waals surface area contributed by atoms with Crippen molar-refractivity contribution in [3.05, 3.63) is 50.5 Å². The Labute approximate surface area is 137 Å². The van der Waals surface area contributed by atoms with Gasteiger partial charge in [-0.2, -0.15) is 5.10 Å². The minimum absolute atomic E-state index is 0.105. The molecule has 0 bridgehead atoms. The molecule has 3 nitrogen and oxygen atoms in total. The van der Waals surface area contributed by atoms with Gasteiger partial charge in [0, 0.05) is 17.1 Å². The number of halogens is 3. The summed E-state index contributed by atoms with van der Waals surface area (Å²) in [6.07, 6.45) is 0.844. The van der Waals surface area contributed by atoms with Gasteiger partial charge in [-0.1, -0.05) is 31.5 Å². The number of hydrogen-bond acceptors (Lipinski definition) is 2. The lowest BCUT2D eigenvalue weighted by Gasteiger charge is -2.20. The van der Waals surface area contributed by atoms with Crippen LogP contribution < -0.4 is 5.32 Å². The van der Waals surface area contributed by atoms with E-state index in [9.17, 15) is 4.39 Å². The Bertz CT molecular complexity index is 642. The summed E-state index contributed by atoms with van der Waals surface area (Å²) < 4.78 is 16.9. The van der Waals surface area contributed by atoms with Crippen LogP contribution >= 0.6 is 27.5 Å². The van der Waals surface area contributed by atoms with Gasteiger partial charge in [-0.15, -0.1) is 0 Å². The third kappa shape index (κ3) is 3.30. The Balaban J connectivity index is 2.53. The first-order chi connectivity index (χ1) is 9.99. The molecule has 2 rings (SSSR count). The first-order valence-electron chi connectivity index (χ1n) is 6.89. The van der Waals surface area contributed by atoms with Gasteiger partial charge in [0.15, 0.2) is 0 Å². The minimum Gasteiger partial charge on any atom is -0.305 e. The summed E-state index contributed by atoms with van der Waals surface area (Å²) in [5.74, 6) is -0.406. The fraction of sp³-hybridized carbons (Fsp3) is 0.400. The summed E-state index contributed by atoms with van der Waals surface area (Å²) in [6.45, 7) is 4.75. The number of rotatable bonds is 5. The van der Waals surface area contributed by atoms with Gasteiger partial charge in [-0.3, -0.25) is 4.68 Å². The predicted molar refractivity (Wildman–Crippen MR) is 87.2 cm³/mol. The zero-order chi connectivity index (χ0) is 15.6. The van der Waals surface area contributed by atoms with E-state index >= 15 is 0 Å². The second kappa shape index (κ2) is 6.90. The van der Waals surface area contributed by atoms with Crippen LogP contribution in [0, 0.1) is 5.82 Å². The van der Waals surface area contributed by atoms with E-state index in [1.54, 1.807) is 16.8 Å². The molecule has 1 aromatic carbocycles. The van der Waals surface area contributed by atoms with Crippen LogP contribution in [0.1, 0.15) is 36.8 Å². The molecular formula is C15H18BrClFN3. The smallest absolute Gasteiger partial charge is 0.148 e. The van der Waals surface area contributed by atoms with Crippen molar-refractivity contribution in [1.29, 1.82) is 0 Å². The summed E-state index contributed by atoms with van der Waals surface area (Å²) in [7, 11) is 1.87. The Morgan fingerprint density at radius 3 is 2.71 bits per heavy atom. The summed E-state index contributed by atoms with van der Waals surface area (Å²) in [5.41, 5.74) is 2.43. The van der Waals surface area contributed by atoms with Crippen molar-refractivity contribution in [3.8, 4) is 0 Å². The molecule has 1 heterocycles. The van der Waals surface area contributed by atoms with E-state index in [2.05, 4.69) is 26.3 Å². The van der Waals surface area contributed by atoms with Gasteiger partial charge in [-0.25, -0.2) is 4.39 Å². The third-order valence-electron chi connectivity index (χ3n) is 3.41. The van der Waals surface area contributed by atoms with Gasteiger partial charge in [-0.05, 0) is 41.0 Å². The normalized spacial score (nSPS) is 12.7. The van der Waals surface area contributed by atoms with Crippen molar-refractivity contribution >= 4 is 27.5 Å². The monoisotopic (exact) mass is 373 g/mol. The molecule has 0 saturated heterocycles. The average molecular weight is 375 g/mol. The van der Waals surface area contributed by atoms with E-state index in [1.807, 2.05) is 27.0 Å². The molecule has 6 heteroatoms. The van der Waals surface area contributed by atoms with Gasteiger partial charge >= 0.3 is 0 Å². The molecule has 21 heavy (non-hydrogen) atoms. The molecule has 0 aliphatic rings. The fourth-order valence-electron chi connectivity index (χ4n) is 2.33. The van der Waals surface area contributed by atoms with E-state index in [4.69, 9.17) is 11.6 Å². The maximum Gasteiger partial charge on any atom is 0.148 e. The zero-order valence-corrected chi connectivity index (χ0v) is 14.6.